The highest BCUT2D eigenvalue weighted by atomic mass is 32.2. The molecule has 3 nitrogen and oxygen atoms in total. The van der Waals surface area contributed by atoms with Crippen molar-refractivity contribution in [3.05, 3.63) is 0 Å². The van der Waals surface area contributed by atoms with Crippen LogP contribution in [-0.4, -0.2) is 27.3 Å². The molecule has 0 spiro atoms. The first-order valence-corrected chi connectivity index (χ1v) is 3.37. The topological polar surface area (TPSA) is 54.4 Å². The molecule has 0 aromatic heterocycles. The predicted octanol–water partition coefficient (Wildman–Crippen LogP) is -0.550. The molecule has 4 heteroatoms. The number of carbonyl (C=O) groups is 1. The van der Waals surface area contributed by atoms with Gasteiger partial charge in [-0.15, -0.1) is 0 Å². The summed E-state index contributed by atoms with van der Waals surface area (Å²) in [5, 5.41) is 7.89. The van der Waals surface area contributed by atoms with E-state index >= 15 is 0 Å². The summed E-state index contributed by atoms with van der Waals surface area (Å²) in [6.07, 6.45) is 1.36. The smallest absolute Gasteiger partial charge is 0.316 e. The minimum Gasteiger partial charge on any atom is -0.481 e. The van der Waals surface area contributed by atoms with Crippen molar-refractivity contribution in [3.8, 4) is 0 Å². The molecule has 0 aliphatic rings. The van der Waals surface area contributed by atoms with Gasteiger partial charge in [-0.05, 0) is 0 Å². The molecule has 0 saturated heterocycles. The van der Waals surface area contributed by atoms with Crippen LogP contribution in [0.5, 0.6) is 0 Å². The standard InChI is InChI=1S/C3H6O3S/c1-7(6)2-3(4)5/h2H2,1H3,(H,4,5)/t7-/m0/s1. The monoisotopic (exact) mass is 122 g/mol. The van der Waals surface area contributed by atoms with Crippen LogP contribution in [-0.2, 0) is 15.6 Å². The fourth-order valence-electron chi connectivity index (χ4n) is 0.174. The van der Waals surface area contributed by atoms with E-state index in [1.807, 2.05) is 0 Å². The van der Waals surface area contributed by atoms with Gasteiger partial charge >= 0.3 is 5.97 Å². The zero-order valence-electron chi connectivity index (χ0n) is 3.88. The third-order valence-corrected chi connectivity index (χ3v) is 0.980. The quantitative estimate of drug-likeness (QED) is 0.534. The second-order valence-electron chi connectivity index (χ2n) is 1.11. The summed E-state index contributed by atoms with van der Waals surface area (Å²) in [5.41, 5.74) is 0. The van der Waals surface area contributed by atoms with Crippen LogP contribution in [0.25, 0.3) is 0 Å². The summed E-state index contributed by atoms with van der Waals surface area (Å²) >= 11 is 0. The van der Waals surface area contributed by atoms with Gasteiger partial charge in [-0.25, -0.2) is 0 Å². The third kappa shape index (κ3) is 5.62. The van der Waals surface area contributed by atoms with Gasteiger partial charge in [0.25, 0.3) is 0 Å². The first kappa shape index (κ1) is 6.62. The fourth-order valence-corrected chi connectivity index (χ4v) is 0.522. The molecule has 0 bridgehead atoms. The minimum atomic E-state index is -1.20. The van der Waals surface area contributed by atoms with E-state index in [-0.39, 0.29) is 5.75 Å². The molecule has 0 aliphatic carbocycles. The van der Waals surface area contributed by atoms with Crippen molar-refractivity contribution in [1.29, 1.82) is 0 Å². The molecule has 0 aliphatic heterocycles. The van der Waals surface area contributed by atoms with Gasteiger partial charge in [0.15, 0.2) is 0 Å². The van der Waals surface area contributed by atoms with Gasteiger partial charge in [-0.3, -0.25) is 9.00 Å². The highest BCUT2D eigenvalue weighted by Gasteiger charge is 1.96. The Morgan fingerprint density at radius 2 is 2.29 bits per heavy atom. The minimum absolute atomic E-state index is 0.250. The van der Waals surface area contributed by atoms with Crippen molar-refractivity contribution >= 4 is 16.8 Å². The van der Waals surface area contributed by atoms with Crippen LogP contribution >= 0.6 is 0 Å². The average Bonchev–Trinajstić information content (AvgIpc) is 1.27. The summed E-state index contributed by atoms with van der Waals surface area (Å²) in [5.74, 6) is -1.26. The zero-order valence-corrected chi connectivity index (χ0v) is 4.70. The van der Waals surface area contributed by atoms with E-state index in [4.69, 9.17) is 5.11 Å². The molecular weight excluding hydrogens is 116 g/mol. The molecule has 1 atom stereocenters. The maximum Gasteiger partial charge on any atom is 0.316 e. The van der Waals surface area contributed by atoms with Crippen LogP contribution in [0.1, 0.15) is 0 Å². The first-order chi connectivity index (χ1) is 3.13. The number of hydrogen-bond acceptors (Lipinski definition) is 2. The molecule has 1 N–H and O–H groups in total. The number of carboxylic acids is 1. The van der Waals surface area contributed by atoms with E-state index in [1.54, 1.807) is 0 Å². The Bertz CT molecular complexity index is 86.4. The van der Waals surface area contributed by atoms with Crippen molar-refractivity contribution in [2.45, 2.75) is 0 Å². The van der Waals surface area contributed by atoms with Crippen molar-refractivity contribution in [2.75, 3.05) is 12.0 Å². The first-order valence-electron chi connectivity index (χ1n) is 1.64. The van der Waals surface area contributed by atoms with E-state index < -0.39 is 16.8 Å². The molecule has 0 rings (SSSR count). The van der Waals surface area contributed by atoms with Crippen LogP contribution in [0.2, 0.25) is 0 Å². The molecule has 0 unspecified atom stereocenters. The molecule has 0 saturated carbocycles. The van der Waals surface area contributed by atoms with Gasteiger partial charge in [0, 0.05) is 17.1 Å². The van der Waals surface area contributed by atoms with E-state index in [0.717, 1.165) is 0 Å². The van der Waals surface area contributed by atoms with Crippen molar-refractivity contribution in [1.82, 2.24) is 0 Å². The lowest BCUT2D eigenvalue weighted by atomic mass is 10.8. The number of rotatable bonds is 2. The molecule has 0 aromatic rings. The summed E-state index contributed by atoms with van der Waals surface area (Å²) in [7, 11) is -1.20. The number of carboxylic acid groups (broad SMARTS) is 1. The second kappa shape index (κ2) is 2.74. The molecule has 7 heavy (non-hydrogen) atoms. The van der Waals surface area contributed by atoms with Crippen LogP contribution in [0.3, 0.4) is 0 Å². The Hall–Kier alpha value is -0.380. The van der Waals surface area contributed by atoms with E-state index in [9.17, 15) is 9.00 Å². The van der Waals surface area contributed by atoms with Gasteiger partial charge in [0.2, 0.25) is 0 Å². The molecule has 0 fully saturated rings. The van der Waals surface area contributed by atoms with Gasteiger partial charge in [0.1, 0.15) is 5.75 Å². The molecule has 0 aromatic carbocycles. The van der Waals surface area contributed by atoms with E-state index in [0.29, 0.717) is 0 Å². The normalized spacial score (nSPS) is 13.3. The number of aliphatic carboxylic acids is 1. The van der Waals surface area contributed by atoms with E-state index in [1.165, 1.54) is 6.26 Å². The molecule has 42 valence electrons. The Morgan fingerprint density at radius 1 is 1.86 bits per heavy atom. The Labute approximate surface area is 43.8 Å². The molecule has 0 heterocycles. The Kier molecular flexibility index (Phi) is 2.59. The Morgan fingerprint density at radius 3 is 2.29 bits per heavy atom. The average molecular weight is 122 g/mol. The third-order valence-electron chi connectivity index (χ3n) is 0.327. The van der Waals surface area contributed by atoms with Gasteiger partial charge < -0.3 is 5.11 Å². The summed E-state index contributed by atoms with van der Waals surface area (Å²) in [6.45, 7) is 0. The van der Waals surface area contributed by atoms with Crippen LogP contribution < -0.4 is 0 Å². The van der Waals surface area contributed by atoms with Crippen molar-refractivity contribution < 1.29 is 14.1 Å². The van der Waals surface area contributed by atoms with E-state index in [2.05, 4.69) is 0 Å². The highest BCUT2D eigenvalue weighted by Crippen LogP contribution is 1.70. The SMILES string of the molecule is C[S@](=O)CC(=O)O. The van der Waals surface area contributed by atoms with Crippen molar-refractivity contribution in [2.24, 2.45) is 0 Å². The molecular formula is C3H6O3S. The van der Waals surface area contributed by atoms with Gasteiger partial charge in [-0.2, -0.15) is 0 Å². The Balaban J connectivity index is 3.32. The lowest BCUT2D eigenvalue weighted by Crippen LogP contribution is -2.06. The highest BCUT2D eigenvalue weighted by molar-refractivity contribution is 7.84. The lowest BCUT2D eigenvalue weighted by molar-refractivity contribution is -0.133. The summed E-state index contributed by atoms with van der Waals surface area (Å²) in [4.78, 5) is 9.62. The van der Waals surface area contributed by atoms with Gasteiger partial charge in [0.05, 0.1) is 0 Å². The maximum atomic E-state index is 9.98. The van der Waals surface area contributed by atoms with Crippen molar-refractivity contribution in [3.63, 3.8) is 0 Å². The lowest BCUT2D eigenvalue weighted by Gasteiger charge is -1.82. The number of hydrogen-bond donors (Lipinski definition) is 1. The summed E-state index contributed by atoms with van der Waals surface area (Å²) in [6, 6.07) is 0. The van der Waals surface area contributed by atoms with Crippen LogP contribution in [0.4, 0.5) is 0 Å². The largest absolute Gasteiger partial charge is 0.481 e. The van der Waals surface area contributed by atoms with Gasteiger partial charge in [-0.1, -0.05) is 0 Å². The van der Waals surface area contributed by atoms with Crippen LogP contribution in [0, 0.1) is 0 Å². The molecule has 0 amide bonds. The predicted molar refractivity (Wildman–Crippen MR) is 26.6 cm³/mol. The van der Waals surface area contributed by atoms with Crippen LogP contribution in [0.15, 0.2) is 0 Å². The summed E-state index contributed by atoms with van der Waals surface area (Å²) < 4.78 is 9.98. The zero-order chi connectivity index (χ0) is 5.86. The maximum absolute atomic E-state index is 9.98. The fraction of sp³-hybridized carbons (Fsp3) is 0.667. The second-order valence-corrected chi connectivity index (χ2v) is 2.55. The molecule has 0 radical (unpaired) electrons.